The summed E-state index contributed by atoms with van der Waals surface area (Å²) in [6.45, 7) is 6.35. The van der Waals surface area contributed by atoms with Crippen LogP contribution in [0.1, 0.15) is 59.4 Å². The van der Waals surface area contributed by atoms with Gasteiger partial charge in [-0.2, -0.15) is 8.42 Å². The zero-order valence-electron chi connectivity index (χ0n) is 22.0. The molecule has 0 aliphatic carbocycles. The van der Waals surface area contributed by atoms with Crippen molar-refractivity contribution in [3.8, 4) is 11.3 Å². The molecule has 0 bridgehead atoms. The number of nitrogens with zero attached hydrogens (tertiary/aromatic N) is 1. The lowest BCUT2D eigenvalue weighted by atomic mass is 9.83. The minimum Gasteiger partial charge on any atom is -0.356 e. The van der Waals surface area contributed by atoms with Gasteiger partial charge >= 0.3 is 0 Å². The molecule has 9 heteroatoms. The lowest BCUT2D eigenvalue weighted by molar-refractivity contribution is 0.0956. The molecule has 0 saturated heterocycles. The molecule has 1 amide bonds. The normalized spacial score (nSPS) is 12.7. The summed E-state index contributed by atoms with van der Waals surface area (Å²) in [5.41, 5.74) is 5.34. The Labute approximate surface area is 233 Å². The quantitative estimate of drug-likeness (QED) is 0.231. The van der Waals surface area contributed by atoms with Crippen molar-refractivity contribution in [3.05, 3.63) is 112 Å². The van der Waals surface area contributed by atoms with E-state index >= 15 is 0 Å². The van der Waals surface area contributed by atoms with Gasteiger partial charge in [0.2, 0.25) is 0 Å². The molecule has 1 atom stereocenters. The largest absolute Gasteiger partial charge is 0.356 e. The number of aromatic nitrogens is 1. The van der Waals surface area contributed by atoms with E-state index < -0.39 is 21.8 Å². The number of halogens is 1. The van der Waals surface area contributed by atoms with Crippen molar-refractivity contribution in [1.82, 2.24) is 10.5 Å². The number of carbonyl (C=O) groups excluding carboxylic acids is 1. The van der Waals surface area contributed by atoms with Crippen LogP contribution in [0.25, 0.3) is 11.3 Å². The molecule has 2 N–H and O–H groups in total. The lowest BCUT2D eigenvalue weighted by Crippen LogP contribution is -2.28. The minimum atomic E-state index is -4.14. The van der Waals surface area contributed by atoms with Crippen LogP contribution in [-0.2, 0) is 22.0 Å². The molecular formula is C30H31ClN2O5S. The molecule has 1 heterocycles. The van der Waals surface area contributed by atoms with Gasteiger partial charge in [-0.3, -0.25) is 9.35 Å². The highest BCUT2D eigenvalue weighted by atomic mass is 35.5. The van der Waals surface area contributed by atoms with E-state index in [1.807, 2.05) is 36.4 Å². The Bertz CT molecular complexity index is 1540. The number of carbonyl (C=O) groups is 1. The Balaban J connectivity index is 1.59. The Morgan fingerprint density at radius 2 is 1.72 bits per heavy atom. The molecule has 39 heavy (non-hydrogen) atoms. The Morgan fingerprint density at radius 1 is 1.03 bits per heavy atom. The van der Waals surface area contributed by atoms with Crippen molar-refractivity contribution >= 4 is 27.6 Å². The van der Waals surface area contributed by atoms with Gasteiger partial charge in [0.1, 0.15) is 0 Å². The van der Waals surface area contributed by atoms with Gasteiger partial charge in [0.15, 0.2) is 5.76 Å². The second kappa shape index (κ2) is 11.7. The van der Waals surface area contributed by atoms with Crippen molar-refractivity contribution < 1.29 is 22.3 Å². The summed E-state index contributed by atoms with van der Waals surface area (Å²) in [4.78, 5) is 12.4. The summed E-state index contributed by atoms with van der Waals surface area (Å²) >= 11 is 6.17. The first-order valence-corrected chi connectivity index (χ1v) is 14.5. The fourth-order valence-electron chi connectivity index (χ4n) is 4.26. The lowest BCUT2D eigenvalue weighted by Gasteiger charge is -2.21. The predicted octanol–water partition coefficient (Wildman–Crippen LogP) is 6.28. The van der Waals surface area contributed by atoms with Crippen LogP contribution in [0.5, 0.6) is 0 Å². The number of benzene rings is 3. The van der Waals surface area contributed by atoms with E-state index in [1.165, 1.54) is 5.56 Å². The van der Waals surface area contributed by atoms with Gasteiger partial charge in [0.25, 0.3) is 16.0 Å². The van der Waals surface area contributed by atoms with E-state index in [-0.39, 0.29) is 17.9 Å². The second-order valence-electron chi connectivity index (χ2n) is 10.5. The van der Waals surface area contributed by atoms with E-state index in [1.54, 1.807) is 18.2 Å². The molecule has 0 aliphatic heterocycles. The van der Waals surface area contributed by atoms with Crippen LogP contribution in [0.15, 0.2) is 83.4 Å². The second-order valence-corrected chi connectivity index (χ2v) is 12.5. The summed E-state index contributed by atoms with van der Waals surface area (Å²) in [5, 5.41) is 7.52. The molecule has 4 rings (SSSR count). The third-order valence-electron chi connectivity index (χ3n) is 6.48. The molecule has 7 nitrogen and oxygen atoms in total. The van der Waals surface area contributed by atoms with Crippen molar-refractivity contribution in [2.45, 2.75) is 38.5 Å². The van der Waals surface area contributed by atoms with Gasteiger partial charge in [-0.25, -0.2) is 0 Å². The van der Waals surface area contributed by atoms with Crippen LogP contribution in [0.4, 0.5) is 0 Å². The molecule has 0 spiro atoms. The maximum Gasteiger partial charge on any atom is 0.266 e. The average molecular weight is 567 g/mol. The molecule has 0 saturated carbocycles. The van der Waals surface area contributed by atoms with Gasteiger partial charge in [-0.05, 0) is 52.8 Å². The zero-order valence-corrected chi connectivity index (χ0v) is 23.6. The molecule has 1 unspecified atom stereocenters. The average Bonchev–Trinajstić information content (AvgIpc) is 3.36. The van der Waals surface area contributed by atoms with Gasteiger partial charge in [-0.1, -0.05) is 86.1 Å². The molecule has 204 valence electrons. The fraction of sp³-hybridized carbons (Fsp3) is 0.267. The molecule has 0 radical (unpaired) electrons. The summed E-state index contributed by atoms with van der Waals surface area (Å²) in [7, 11) is -4.14. The maximum atomic E-state index is 12.4. The number of rotatable bonds is 9. The van der Waals surface area contributed by atoms with Crippen molar-refractivity contribution in [3.63, 3.8) is 0 Å². The number of hydrogen-bond acceptors (Lipinski definition) is 5. The van der Waals surface area contributed by atoms with E-state index in [0.29, 0.717) is 22.8 Å². The Hall–Kier alpha value is -3.46. The zero-order chi connectivity index (χ0) is 28.2. The van der Waals surface area contributed by atoms with Crippen LogP contribution in [0.2, 0.25) is 5.02 Å². The minimum absolute atomic E-state index is 0.0272. The summed E-state index contributed by atoms with van der Waals surface area (Å²) in [6, 6.07) is 25.0. The van der Waals surface area contributed by atoms with E-state index in [2.05, 4.69) is 55.5 Å². The van der Waals surface area contributed by atoms with Crippen molar-refractivity contribution in [2.75, 3.05) is 12.3 Å². The topological polar surface area (TPSA) is 110 Å². The molecule has 1 aromatic heterocycles. The van der Waals surface area contributed by atoms with Crippen LogP contribution in [0, 0.1) is 0 Å². The van der Waals surface area contributed by atoms with E-state index in [9.17, 15) is 13.2 Å². The first-order chi connectivity index (χ1) is 18.4. The third kappa shape index (κ3) is 7.79. The van der Waals surface area contributed by atoms with Gasteiger partial charge in [-0.15, -0.1) is 0 Å². The van der Waals surface area contributed by atoms with Gasteiger partial charge in [0.05, 0.1) is 11.4 Å². The summed E-state index contributed by atoms with van der Waals surface area (Å²) in [6.07, 6.45) is 0.612. The number of amides is 1. The van der Waals surface area contributed by atoms with Crippen molar-refractivity contribution in [1.29, 1.82) is 0 Å². The Kier molecular flexibility index (Phi) is 8.59. The first-order valence-electron chi connectivity index (χ1n) is 12.5. The molecular weight excluding hydrogens is 536 g/mol. The molecule has 0 aliphatic rings. The van der Waals surface area contributed by atoms with Gasteiger partial charge in [0, 0.05) is 34.7 Å². The highest BCUT2D eigenvalue weighted by Gasteiger charge is 2.22. The maximum absolute atomic E-state index is 12.4. The molecule has 0 fully saturated rings. The van der Waals surface area contributed by atoms with E-state index in [0.717, 1.165) is 22.4 Å². The summed E-state index contributed by atoms with van der Waals surface area (Å²) < 4.78 is 36.3. The fourth-order valence-corrected chi connectivity index (χ4v) is 4.81. The standard InChI is InChI=1S/C30H31ClN2O5S/c1-30(2,3)24-13-11-21(12-14-24)26(27-19-28(38-33-27)23-5-4-6-25(31)18-23)17-20-7-9-22(10-8-20)29(34)32-15-16-39(35,36)37/h4-14,18-19,26H,15-17H2,1-3H3,(H,32,34)(H,35,36,37). The number of nitrogens with one attached hydrogen (secondary N) is 1. The van der Waals surface area contributed by atoms with Crippen LogP contribution >= 0.6 is 11.6 Å². The Morgan fingerprint density at radius 3 is 2.33 bits per heavy atom. The van der Waals surface area contributed by atoms with Crippen LogP contribution < -0.4 is 5.32 Å². The smallest absolute Gasteiger partial charge is 0.266 e. The third-order valence-corrected chi connectivity index (χ3v) is 7.43. The SMILES string of the molecule is CC(C)(C)c1ccc(C(Cc2ccc(C(=O)NCCS(=O)(=O)O)cc2)c2cc(-c3cccc(Cl)c3)on2)cc1. The van der Waals surface area contributed by atoms with Crippen LogP contribution in [0.3, 0.4) is 0 Å². The highest BCUT2D eigenvalue weighted by molar-refractivity contribution is 7.85. The monoisotopic (exact) mass is 566 g/mol. The molecule has 4 aromatic rings. The molecule has 3 aromatic carbocycles. The number of hydrogen-bond donors (Lipinski definition) is 2. The predicted molar refractivity (Wildman–Crippen MR) is 153 cm³/mol. The van der Waals surface area contributed by atoms with Gasteiger partial charge < -0.3 is 9.84 Å². The van der Waals surface area contributed by atoms with Crippen molar-refractivity contribution in [2.24, 2.45) is 0 Å². The van der Waals surface area contributed by atoms with E-state index in [4.69, 9.17) is 20.7 Å². The highest BCUT2D eigenvalue weighted by Crippen LogP contribution is 2.33. The first kappa shape index (κ1) is 28.5. The van der Waals surface area contributed by atoms with Crippen LogP contribution in [-0.4, -0.2) is 36.3 Å². The summed E-state index contributed by atoms with van der Waals surface area (Å²) in [5.74, 6) is -0.436.